The van der Waals surface area contributed by atoms with Gasteiger partial charge >= 0.3 is 0 Å². The van der Waals surface area contributed by atoms with Gasteiger partial charge in [0.15, 0.2) is 11.5 Å². The van der Waals surface area contributed by atoms with Gasteiger partial charge in [-0.05, 0) is 56.3 Å². The van der Waals surface area contributed by atoms with Crippen LogP contribution in [0.15, 0.2) is 70.6 Å². The maximum atomic E-state index is 13.1. The summed E-state index contributed by atoms with van der Waals surface area (Å²) in [5.41, 5.74) is 1.07. The molecule has 34 heavy (non-hydrogen) atoms. The van der Waals surface area contributed by atoms with Crippen LogP contribution in [0.4, 0.5) is 11.6 Å². The number of allylic oxidation sites excluding steroid dienone is 1. The number of benzene rings is 1. The zero-order chi connectivity index (χ0) is 23.5. The lowest BCUT2D eigenvalue weighted by atomic mass is 10.1. The molecule has 2 N–H and O–H groups in total. The largest absolute Gasteiger partial charge is 0.474 e. The smallest absolute Gasteiger partial charge is 0.278 e. The first-order valence-corrected chi connectivity index (χ1v) is 11.9. The van der Waals surface area contributed by atoms with Gasteiger partial charge in [-0.15, -0.1) is 6.58 Å². The highest BCUT2D eigenvalue weighted by molar-refractivity contribution is 9.10. The van der Waals surface area contributed by atoms with Gasteiger partial charge in [-0.2, -0.15) is 9.97 Å². The van der Waals surface area contributed by atoms with Crippen molar-refractivity contribution in [1.29, 1.82) is 0 Å². The molecule has 0 radical (unpaired) electrons. The lowest BCUT2D eigenvalue weighted by molar-refractivity contribution is 0.156. The fourth-order valence-electron chi connectivity index (χ4n) is 3.94. The molecule has 0 bridgehead atoms. The molecule has 0 saturated carbocycles. The summed E-state index contributed by atoms with van der Waals surface area (Å²) in [6, 6.07) is 13.2. The molecule has 4 heterocycles. The Morgan fingerprint density at radius 3 is 2.74 bits per heavy atom. The van der Waals surface area contributed by atoms with Gasteiger partial charge < -0.3 is 15.4 Å². The van der Waals surface area contributed by atoms with Gasteiger partial charge in [0.25, 0.3) is 5.56 Å². The number of hydrogen-bond acceptors (Lipinski definition) is 7. The molecule has 1 fully saturated rings. The molecule has 0 atom stereocenters. The third-order valence-electron chi connectivity index (χ3n) is 5.58. The topological polar surface area (TPSA) is 98.9 Å². The molecular weight excluding hydrogens is 498 g/mol. The third-order valence-corrected chi connectivity index (χ3v) is 6.11. The Hall–Kier alpha value is -3.50. The van der Waals surface area contributed by atoms with Crippen molar-refractivity contribution in [2.75, 3.05) is 18.4 Å². The predicted molar refractivity (Wildman–Crippen MR) is 135 cm³/mol. The van der Waals surface area contributed by atoms with Gasteiger partial charge in [-0.25, -0.2) is 14.3 Å². The molecule has 0 spiro atoms. The van der Waals surface area contributed by atoms with Crippen LogP contribution in [0.25, 0.3) is 16.9 Å². The summed E-state index contributed by atoms with van der Waals surface area (Å²) >= 11 is 3.43. The van der Waals surface area contributed by atoms with E-state index in [0.29, 0.717) is 35.2 Å². The molecule has 10 heteroatoms. The fourth-order valence-corrected chi connectivity index (χ4v) is 4.21. The van der Waals surface area contributed by atoms with Crippen molar-refractivity contribution in [1.82, 2.24) is 29.6 Å². The summed E-state index contributed by atoms with van der Waals surface area (Å²) < 4.78 is 10.3. The van der Waals surface area contributed by atoms with E-state index in [1.54, 1.807) is 15.4 Å². The molecule has 0 aliphatic carbocycles. The Kier molecular flexibility index (Phi) is 6.41. The quantitative estimate of drug-likeness (QED) is 0.357. The van der Waals surface area contributed by atoms with Crippen LogP contribution in [-0.4, -0.2) is 43.5 Å². The Morgan fingerprint density at radius 2 is 1.97 bits per heavy atom. The second-order valence-electron chi connectivity index (χ2n) is 7.95. The first-order valence-electron chi connectivity index (χ1n) is 11.1. The molecule has 3 aromatic heterocycles. The number of nitrogens with zero attached hydrogens (tertiary/aromatic N) is 5. The lowest BCUT2D eigenvalue weighted by Crippen LogP contribution is -2.34. The summed E-state index contributed by atoms with van der Waals surface area (Å²) in [4.78, 5) is 26.9. The number of fused-ring (bicyclic) bond motifs is 1. The van der Waals surface area contributed by atoms with E-state index in [9.17, 15) is 4.79 Å². The van der Waals surface area contributed by atoms with Crippen LogP contribution in [0, 0.1) is 0 Å². The fraction of sp³-hybridized carbons (Fsp3) is 0.250. The van der Waals surface area contributed by atoms with E-state index in [2.05, 4.69) is 43.1 Å². The molecule has 1 saturated heterocycles. The summed E-state index contributed by atoms with van der Waals surface area (Å²) in [5, 5.41) is 6.92. The van der Waals surface area contributed by atoms with Crippen molar-refractivity contribution in [3.8, 4) is 11.7 Å². The Bertz CT molecular complexity index is 1370. The van der Waals surface area contributed by atoms with Crippen LogP contribution in [0.2, 0.25) is 0 Å². The molecule has 1 aromatic carbocycles. The molecule has 0 amide bonds. The number of ether oxygens (including phenoxy) is 1. The van der Waals surface area contributed by atoms with Gasteiger partial charge in [-0.1, -0.05) is 28.1 Å². The maximum Gasteiger partial charge on any atom is 0.278 e. The molecule has 1 aliphatic heterocycles. The number of rotatable bonds is 7. The Labute approximate surface area is 204 Å². The normalized spacial score (nSPS) is 14.3. The first kappa shape index (κ1) is 22.3. The van der Waals surface area contributed by atoms with Crippen LogP contribution < -0.4 is 20.9 Å². The van der Waals surface area contributed by atoms with Crippen molar-refractivity contribution in [3.05, 3.63) is 76.1 Å². The third kappa shape index (κ3) is 4.59. The zero-order valence-corrected chi connectivity index (χ0v) is 20.0. The predicted octanol–water partition coefficient (Wildman–Crippen LogP) is 3.80. The molecule has 5 rings (SSSR count). The minimum absolute atomic E-state index is 0.116. The molecule has 0 unspecified atom stereocenters. The van der Waals surface area contributed by atoms with E-state index in [4.69, 9.17) is 9.72 Å². The minimum atomic E-state index is -0.212. The van der Waals surface area contributed by atoms with E-state index in [-0.39, 0.29) is 11.7 Å². The second-order valence-corrected chi connectivity index (χ2v) is 8.87. The number of anilines is 2. The number of aromatic nitrogens is 5. The van der Waals surface area contributed by atoms with Gasteiger partial charge in [0.1, 0.15) is 11.5 Å². The summed E-state index contributed by atoms with van der Waals surface area (Å²) in [6.45, 7) is 5.95. The number of piperidine rings is 1. The van der Waals surface area contributed by atoms with E-state index in [1.807, 2.05) is 42.5 Å². The van der Waals surface area contributed by atoms with E-state index >= 15 is 0 Å². The zero-order valence-electron chi connectivity index (χ0n) is 18.4. The van der Waals surface area contributed by atoms with Crippen LogP contribution in [-0.2, 0) is 6.54 Å². The highest BCUT2D eigenvalue weighted by Crippen LogP contribution is 2.22. The average molecular weight is 522 g/mol. The van der Waals surface area contributed by atoms with Gasteiger partial charge in [0.05, 0.1) is 6.54 Å². The van der Waals surface area contributed by atoms with Crippen LogP contribution in [0.5, 0.6) is 5.88 Å². The van der Waals surface area contributed by atoms with Crippen molar-refractivity contribution >= 4 is 38.6 Å². The summed E-state index contributed by atoms with van der Waals surface area (Å²) in [7, 11) is 0. The van der Waals surface area contributed by atoms with Crippen LogP contribution in [0.1, 0.15) is 12.8 Å². The highest BCUT2D eigenvalue weighted by Gasteiger charge is 2.19. The number of halogens is 1. The summed E-state index contributed by atoms with van der Waals surface area (Å²) in [6.07, 6.45) is 5.18. The molecule has 4 aromatic rings. The monoisotopic (exact) mass is 521 g/mol. The minimum Gasteiger partial charge on any atom is -0.474 e. The van der Waals surface area contributed by atoms with E-state index in [0.717, 1.165) is 36.1 Å². The lowest BCUT2D eigenvalue weighted by Gasteiger charge is -2.23. The van der Waals surface area contributed by atoms with E-state index in [1.165, 1.54) is 6.20 Å². The Morgan fingerprint density at radius 1 is 1.18 bits per heavy atom. The van der Waals surface area contributed by atoms with Crippen LogP contribution in [0.3, 0.4) is 0 Å². The van der Waals surface area contributed by atoms with Crippen LogP contribution >= 0.6 is 15.9 Å². The van der Waals surface area contributed by atoms with Crippen molar-refractivity contribution < 1.29 is 4.74 Å². The van der Waals surface area contributed by atoms with Crippen molar-refractivity contribution in [2.24, 2.45) is 0 Å². The molecular formula is C24H24BrN7O2. The first-order chi connectivity index (χ1) is 16.6. The second kappa shape index (κ2) is 9.78. The van der Waals surface area contributed by atoms with Gasteiger partial charge in [0.2, 0.25) is 11.8 Å². The maximum absolute atomic E-state index is 13.1. The average Bonchev–Trinajstić information content (AvgIpc) is 3.12. The summed E-state index contributed by atoms with van der Waals surface area (Å²) in [5.74, 6) is 1.43. The van der Waals surface area contributed by atoms with Gasteiger partial charge in [-0.3, -0.25) is 4.79 Å². The van der Waals surface area contributed by atoms with Gasteiger partial charge in [0, 0.05) is 22.4 Å². The standard InChI is InChI=1S/C24H24BrN7O2/c1-2-14-31-23(33)19-15-27-24(28-17-8-6-16(25)7-9-17)30-22(19)32(31)20-4-3-5-21(29-20)34-18-10-12-26-13-11-18/h2-9,15,18,26H,1,10-14H2,(H,27,28,30). The molecule has 9 nitrogen and oxygen atoms in total. The number of pyridine rings is 1. The van der Waals surface area contributed by atoms with Crippen molar-refractivity contribution in [2.45, 2.75) is 25.5 Å². The van der Waals surface area contributed by atoms with Crippen molar-refractivity contribution in [3.63, 3.8) is 0 Å². The number of hydrogen-bond donors (Lipinski definition) is 2. The molecule has 174 valence electrons. The van der Waals surface area contributed by atoms with E-state index < -0.39 is 0 Å². The SMILES string of the molecule is C=CCn1c(=O)c2cnc(Nc3ccc(Br)cc3)nc2n1-c1cccc(OC2CCNCC2)n1. The number of nitrogens with one attached hydrogen (secondary N) is 2. The Balaban J connectivity index is 1.56. The molecule has 1 aliphatic rings. The highest BCUT2D eigenvalue weighted by atomic mass is 79.9.